The average molecular weight is 326 g/mol. The van der Waals surface area contributed by atoms with Gasteiger partial charge >= 0.3 is 0 Å². The summed E-state index contributed by atoms with van der Waals surface area (Å²) < 4.78 is 26.3. The molecule has 0 bridgehead atoms. The summed E-state index contributed by atoms with van der Waals surface area (Å²) in [4.78, 5) is 3.33. The number of sulfone groups is 1. The molecule has 0 spiro atoms. The van der Waals surface area contributed by atoms with Crippen molar-refractivity contribution < 1.29 is 13.5 Å². The Bertz CT molecular complexity index is 828. The van der Waals surface area contributed by atoms with Gasteiger partial charge in [0.15, 0.2) is 14.6 Å². The van der Waals surface area contributed by atoms with Gasteiger partial charge in [-0.3, -0.25) is 0 Å². The first kappa shape index (κ1) is 14.7. The van der Waals surface area contributed by atoms with E-state index in [-0.39, 0.29) is 17.0 Å². The number of fused-ring (bicyclic) bond motifs is 1. The molecule has 5 nitrogen and oxygen atoms in total. The van der Waals surface area contributed by atoms with E-state index >= 15 is 0 Å². The minimum atomic E-state index is -3.30. The lowest BCUT2D eigenvalue weighted by atomic mass is 9.93. The fourth-order valence-corrected chi connectivity index (χ4v) is 4.31. The summed E-state index contributed by atoms with van der Waals surface area (Å²) in [5.41, 5.74) is 1.40. The van der Waals surface area contributed by atoms with Crippen LogP contribution in [0.4, 0.5) is 0 Å². The van der Waals surface area contributed by atoms with E-state index in [4.69, 9.17) is 12.2 Å². The topological polar surface area (TPSA) is 75.1 Å². The Hall–Kier alpha value is -1.18. The van der Waals surface area contributed by atoms with Gasteiger partial charge in [-0.05, 0) is 50.0 Å². The van der Waals surface area contributed by atoms with E-state index < -0.39 is 9.84 Å². The number of hydrogen-bond donors (Lipinski definition) is 2. The van der Waals surface area contributed by atoms with E-state index in [0.717, 1.165) is 31.2 Å². The zero-order chi connectivity index (χ0) is 15.2. The molecule has 1 aromatic carbocycles. The molecular formula is C14H18N2O3S2. The number of H-pyrrole nitrogens is 1. The van der Waals surface area contributed by atoms with E-state index in [9.17, 15) is 13.5 Å². The molecule has 1 aliphatic rings. The first-order chi connectivity index (χ1) is 9.88. The van der Waals surface area contributed by atoms with E-state index in [1.54, 1.807) is 12.1 Å². The first-order valence-electron chi connectivity index (χ1n) is 6.99. The number of nitrogens with one attached hydrogen (secondary N) is 1. The van der Waals surface area contributed by atoms with Gasteiger partial charge in [0.2, 0.25) is 0 Å². The quantitative estimate of drug-likeness (QED) is 0.832. The van der Waals surface area contributed by atoms with E-state index in [0.29, 0.717) is 10.3 Å². The Balaban J connectivity index is 2.17. The highest BCUT2D eigenvalue weighted by atomic mass is 32.2. The highest BCUT2D eigenvalue weighted by molar-refractivity contribution is 7.91. The number of nitrogens with zero attached hydrogens (tertiary/aromatic N) is 1. The van der Waals surface area contributed by atoms with Gasteiger partial charge in [-0.15, -0.1) is 0 Å². The number of para-hydroxylation sites is 1. The lowest BCUT2D eigenvalue weighted by Gasteiger charge is -2.27. The Labute approximate surface area is 128 Å². The van der Waals surface area contributed by atoms with Gasteiger partial charge in [0.05, 0.1) is 22.0 Å². The average Bonchev–Trinajstić information content (AvgIpc) is 2.74. The molecule has 1 aromatic heterocycles. The molecule has 0 unspecified atom stereocenters. The van der Waals surface area contributed by atoms with Crippen LogP contribution in [-0.4, -0.2) is 35.4 Å². The maximum Gasteiger partial charge on any atom is 0.178 e. The Morgan fingerprint density at radius 1 is 1.29 bits per heavy atom. The normalized spacial score (nSPS) is 23.5. The van der Waals surface area contributed by atoms with Gasteiger partial charge < -0.3 is 14.7 Å². The van der Waals surface area contributed by atoms with Crippen LogP contribution in [0.2, 0.25) is 0 Å². The van der Waals surface area contributed by atoms with Crippen LogP contribution < -0.4 is 0 Å². The summed E-state index contributed by atoms with van der Waals surface area (Å²) in [5.74, 6) is 0. The van der Waals surface area contributed by atoms with Crippen LogP contribution >= 0.6 is 12.2 Å². The van der Waals surface area contributed by atoms with Crippen LogP contribution in [0.25, 0.3) is 11.0 Å². The van der Waals surface area contributed by atoms with E-state index in [1.165, 1.54) is 6.26 Å². The second kappa shape index (κ2) is 5.23. The van der Waals surface area contributed by atoms with Crippen LogP contribution in [0.15, 0.2) is 23.1 Å². The summed E-state index contributed by atoms with van der Waals surface area (Å²) in [5, 5.41) is 9.64. The number of rotatable bonds is 2. The van der Waals surface area contributed by atoms with Crippen LogP contribution in [0, 0.1) is 4.77 Å². The second-order valence-electron chi connectivity index (χ2n) is 5.68. The third kappa shape index (κ3) is 2.65. The van der Waals surface area contributed by atoms with Crippen molar-refractivity contribution in [2.45, 2.75) is 42.7 Å². The molecule has 2 N–H and O–H groups in total. The predicted octanol–water partition coefficient (Wildman–Crippen LogP) is 2.58. The van der Waals surface area contributed by atoms with Crippen molar-refractivity contribution in [3.63, 3.8) is 0 Å². The fraction of sp³-hybridized carbons (Fsp3) is 0.500. The zero-order valence-electron chi connectivity index (χ0n) is 11.7. The van der Waals surface area contributed by atoms with Gasteiger partial charge in [0.25, 0.3) is 0 Å². The van der Waals surface area contributed by atoms with Gasteiger partial charge in [0.1, 0.15) is 0 Å². The summed E-state index contributed by atoms with van der Waals surface area (Å²) in [7, 11) is -3.30. The lowest BCUT2D eigenvalue weighted by Crippen LogP contribution is -2.21. The van der Waals surface area contributed by atoms with E-state index in [2.05, 4.69) is 4.98 Å². The van der Waals surface area contributed by atoms with Crippen LogP contribution in [0.5, 0.6) is 0 Å². The van der Waals surface area contributed by atoms with Gasteiger partial charge in [-0.25, -0.2) is 8.42 Å². The molecule has 1 fully saturated rings. The Kier molecular flexibility index (Phi) is 3.67. The molecule has 2 aromatic rings. The molecule has 114 valence electrons. The molecule has 7 heteroatoms. The molecular weight excluding hydrogens is 308 g/mol. The van der Waals surface area contributed by atoms with Crippen LogP contribution in [0.3, 0.4) is 0 Å². The third-order valence-corrected chi connectivity index (χ3v) is 5.58. The first-order valence-corrected chi connectivity index (χ1v) is 9.29. The van der Waals surface area contributed by atoms with Crippen molar-refractivity contribution in [1.82, 2.24) is 9.55 Å². The smallest absolute Gasteiger partial charge is 0.178 e. The number of imidazole rings is 1. The fourth-order valence-electron chi connectivity index (χ4n) is 3.11. The monoisotopic (exact) mass is 326 g/mol. The van der Waals surface area contributed by atoms with Gasteiger partial charge in [-0.2, -0.15) is 0 Å². The van der Waals surface area contributed by atoms with Gasteiger partial charge in [-0.1, -0.05) is 6.07 Å². The molecule has 21 heavy (non-hydrogen) atoms. The van der Waals surface area contributed by atoms with Crippen molar-refractivity contribution in [2.75, 3.05) is 6.26 Å². The number of aliphatic hydroxyl groups excluding tert-OH is 1. The van der Waals surface area contributed by atoms with Crippen LogP contribution in [-0.2, 0) is 9.84 Å². The molecule has 0 atom stereocenters. The highest BCUT2D eigenvalue weighted by Gasteiger charge is 2.24. The Morgan fingerprint density at radius 3 is 2.57 bits per heavy atom. The predicted molar refractivity (Wildman–Crippen MR) is 83.7 cm³/mol. The largest absolute Gasteiger partial charge is 0.393 e. The summed E-state index contributed by atoms with van der Waals surface area (Å²) in [6.07, 6.45) is 4.19. The van der Waals surface area contributed by atoms with Crippen molar-refractivity contribution in [3.8, 4) is 0 Å². The minimum Gasteiger partial charge on any atom is -0.393 e. The highest BCUT2D eigenvalue weighted by Crippen LogP contribution is 2.33. The lowest BCUT2D eigenvalue weighted by molar-refractivity contribution is 0.111. The molecule has 0 saturated heterocycles. The molecule has 0 radical (unpaired) electrons. The maximum absolute atomic E-state index is 11.9. The minimum absolute atomic E-state index is 0.212. The molecule has 0 aliphatic heterocycles. The number of aromatic amines is 1. The third-order valence-electron chi connectivity index (χ3n) is 4.15. The number of aliphatic hydroxyl groups is 1. The number of aromatic nitrogens is 2. The molecule has 1 heterocycles. The molecule has 1 saturated carbocycles. The Morgan fingerprint density at radius 2 is 1.95 bits per heavy atom. The van der Waals surface area contributed by atoms with Gasteiger partial charge in [0, 0.05) is 12.3 Å². The number of benzene rings is 1. The standard InChI is InChI=1S/C14H18N2O3S2/c1-21(18,19)12-4-2-3-11-13(12)15-14(20)16(11)9-5-7-10(17)8-6-9/h2-4,9-10,17H,5-8H2,1H3,(H,15,20). The van der Waals surface area contributed by atoms with Crippen molar-refractivity contribution in [1.29, 1.82) is 0 Å². The SMILES string of the molecule is CS(=O)(=O)c1cccc2c1[nH]c(=S)n2C1CCC(O)CC1. The molecule has 0 amide bonds. The molecule has 1 aliphatic carbocycles. The summed E-state index contributed by atoms with van der Waals surface area (Å²) in [6, 6.07) is 5.44. The maximum atomic E-state index is 11.9. The zero-order valence-corrected chi connectivity index (χ0v) is 13.4. The van der Waals surface area contributed by atoms with Crippen molar-refractivity contribution in [2.24, 2.45) is 0 Å². The summed E-state index contributed by atoms with van der Waals surface area (Å²) in [6.45, 7) is 0. The van der Waals surface area contributed by atoms with E-state index in [1.807, 2.05) is 10.6 Å². The van der Waals surface area contributed by atoms with Crippen molar-refractivity contribution in [3.05, 3.63) is 23.0 Å². The number of hydrogen-bond acceptors (Lipinski definition) is 4. The van der Waals surface area contributed by atoms with Crippen molar-refractivity contribution >= 4 is 33.1 Å². The van der Waals surface area contributed by atoms with Crippen LogP contribution in [0.1, 0.15) is 31.7 Å². The summed E-state index contributed by atoms with van der Waals surface area (Å²) >= 11 is 5.40. The molecule has 3 rings (SSSR count). The second-order valence-corrected chi connectivity index (χ2v) is 8.06.